The molecule has 0 aromatic carbocycles. The van der Waals surface area contributed by atoms with E-state index in [1.165, 1.54) is 0 Å². The maximum atomic E-state index is 11.5. The molecular weight excluding hydrogens is 330 g/mol. The molecule has 0 aliphatic carbocycles. The SMILES string of the molecule is NC(CC(=O)O)c1noc(CNC(=O)NC(CC(=O)O)C(=O)O)n1. The van der Waals surface area contributed by atoms with Crippen molar-refractivity contribution < 1.29 is 39.0 Å². The van der Waals surface area contributed by atoms with E-state index in [0.717, 1.165) is 0 Å². The molecule has 0 bridgehead atoms. The molecule has 13 heteroatoms. The lowest BCUT2D eigenvalue weighted by atomic mass is 10.2. The Balaban J connectivity index is 2.52. The summed E-state index contributed by atoms with van der Waals surface area (Å²) in [7, 11) is 0. The van der Waals surface area contributed by atoms with Crippen molar-refractivity contribution in [1.82, 2.24) is 20.8 Å². The number of hydrogen-bond acceptors (Lipinski definition) is 8. The van der Waals surface area contributed by atoms with E-state index in [2.05, 4.69) is 15.5 Å². The molecule has 132 valence electrons. The van der Waals surface area contributed by atoms with Crippen molar-refractivity contribution in [2.24, 2.45) is 5.73 Å². The summed E-state index contributed by atoms with van der Waals surface area (Å²) in [5, 5.41) is 33.5. The van der Waals surface area contributed by atoms with E-state index < -0.39 is 48.9 Å². The van der Waals surface area contributed by atoms with Crippen LogP contribution in [0, 0.1) is 0 Å². The van der Waals surface area contributed by atoms with Crippen LogP contribution < -0.4 is 16.4 Å². The summed E-state index contributed by atoms with van der Waals surface area (Å²) in [6.45, 7) is -0.294. The maximum absolute atomic E-state index is 11.5. The summed E-state index contributed by atoms with van der Waals surface area (Å²) in [5.74, 6) is -4.21. The Kier molecular flexibility index (Phi) is 6.61. The van der Waals surface area contributed by atoms with Crippen LogP contribution in [-0.2, 0) is 20.9 Å². The number of carbonyl (C=O) groups is 4. The Morgan fingerprint density at radius 2 is 1.75 bits per heavy atom. The second kappa shape index (κ2) is 8.42. The van der Waals surface area contributed by atoms with Gasteiger partial charge in [0.05, 0.1) is 25.4 Å². The van der Waals surface area contributed by atoms with E-state index in [0.29, 0.717) is 0 Å². The van der Waals surface area contributed by atoms with Gasteiger partial charge >= 0.3 is 23.9 Å². The number of aliphatic carboxylic acids is 3. The van der Waals surface area contributed by atoms with Gasteiger partial charge in [0, 0.05) is 0 Å². The average Bonchev–Trinajstić information content (AvgIpc) is 2.92. The highest BCUT2D eigenvalue weighted by molar-refractivity contribution is 5.86. The third-order valence-electron chi connectivity index (χ3n) is 2.59. The molecule has 0 fully saturated rings. The smallest absolute Gasteiger partial charge is 0.326 e. The van der Waals surface area contributed by atoms with Crippen LogP contribution >= 0.6 is 0 Å². The van der Waals surface area contributed by atoms with Crippen LogP contribution in [0.25, 0.3) is 0 Å². The highest BCUT2D eigenvalue weighted by Gasteiger charge is 2.23. The lowest BCUT2D eigenvalue weighted by Gasteiger charge is -2.12. The molecule has 0 aliphatic heterocycles. The lowest BCUT2D eigenvalue weighted by Crippen LogP contribution is -2.46. The van der Waals surface area contributed by atoms with Gasteiger partial charge < -0.3 is 36.2 Å². The number of amides is 2. The molecule has 0 spiro atoms. The quantitative estimate of drug-likeness (QED) is 0.295. The average molecular weight is 345 g/mol. The summed E-state index contributed by atoms with van der Waals surface area (Å²) >= 11 is 0. The number of aromatic nitrogens is 2. The number of rotatable bonds is 9. The molecule has 0 aliphatic rings. The van der Waals surface area contributed by atoms with Crippen LogP contribution in [0.3, 0.4) is 0 Å². The van der Waals surface area contributed by atoms with Crippen molar-refractivity contribution in [3.63, 3.8) is 0 Å². The minimum absolute atomic E-state index is 0.0658. The first-order valence-corrected chi connectivity index (χ1v) is 6.47. The predicted molar refractivity (Wildman–Crippen MR) is 72.5 cm³/mol. The molecular formula is C11H15N5O8. The molecule has 1 rings (SSSR count). The van der Waals surface area contributed by atoms with E-state index in [9.17, 15) is 19.2 Å². The molecule has 2 atom stereocenters. The summed E-state index contributed by atoms with van der Waals surface area (Å²) in [4.78, 5) is 47.1. The van der Waals surface area contributed by atoms with Crippen LogP contribution in [0.15, 0.2) is 4.52 Å². The van der Waals surface area contributed by atoms with Crippen molar-refractivity contribution in [2.45, 2.75) is 31.5 Å². The third kappa shape index (κ3) is 6.27. The second-order valence-electron chi connectivity index (χ2n) is 4.57. The van der Waals surface area contributed by atoms with Crippen LogP contribution in [0.1, 0.15) is 30.6 Å². The molecule has 7 N–H and O–H groups in total. The van der Waals surface area contributed by atoms with Crippen molar-refractivity contribution >= 4 is 23.9 Å². The van der Waals surface area contributed by atoms with Crippen molar-refractivity contribution in [3.8, 4) is 0 Å². The van der Waals surface area contributed by atoms with E-state index in [-0.39, 0.29) is 18.3 Å². The van der Waals surface area contributed by atoms with Gasteiger partial charge in [0.1, 0.15) is 6.04 Å². The molecule has 24 heavy (non-hydrogen) atoms. The number of carboxylic acids is 3. The Morgan fingerprint density at radius 1 is 1.12 bits per heavy atom. The fourth-order valence-electron chi connectivity index (χ4n) is 1.51. The Morgan fingerprint density at radius 3 is 2.29 bits per heavy atom. The number of carboxylic acid groups (broad SMARTS) is 3. The number of carbonyl (C=O) groups excluding carboxylic acids is 1. The standard InChI is InChI=1S/C11H15N5O8/c12-4(1-7(17)18)9-15-6(24-16-9)3-13-11(23)14-5(10(21)22)2-8(19)20/h4-5H,1-3,12H2,(H,17,18)(H,19,20)(H,21,22)(H2,13,14,23). The summed E-state index contributed by atoms with van der Waals surface area (Å²) in [6.07, 6.45) is -1.21. The molecule has 1 aromatic rings. The molecule has 0 radical (unpaired) electrons. The molecule has 0 saturated carbocycles. The first-order valence-electron chi connectivity index (χ1n) is 6.47. The number of urea groups is 1. The van der Waals surface area contributed by atoms with Crippen molar-refractivity contribution in [2.75, 3.05) is 0 Å². The van der Waals surface area contributed by atoms with Gasteiger partial charge in [0.15, 0.2) is 5.82 Å². The topological polar surface area (TPSA) is 218 Å². The first kappa shape index (κ1) is 18.8. The molecule has 1 aromatic heterocycles. The Labute approximate surface area is 133 Å². The van der Waals surface area contributed by atoms with Gasteiger partial charge in [-0.25, -0.2) is 9.59 Å². The molecule has 0 saturated heterocycles. The summed E-state index contributed by atoms with van der Waals surface area (Å²) in [5.41, 5.74) is 5.52. The fraction of sp³-hybridized carbons (Fsp3) is 0.455. The van der Waals surface area contributed by atoms with Crippen molar-refractivity contribution in [1.29, 1.82) is 0 Å². The maximum Gasteiger partial charge on any atom is 0.326 e. The highest BCUT2D eigenvalue weighted by atomic mass is 16.5. The normalized spacial score (nSPS) is 12.9. The Bertz CT molecular complexity index is 630. The van der Waals surface area contributed by atoms with E-state index >= 15 is 0 Å². The third-order valence-corrected chi connectivity index (χ3v) is 2.59. The largest absolute Gasteiger partial charge is 0.481 e. The second-order valence-corrected chi connectivity index (χ2v) is 4.57. The van der Waals surface area contributed by atoms with Crippen molar-refractivity contribution in [3.05, 3.63) is 11.7 Å². The molecule has 2 unspecified atom stereocenters. The highest BCUT2D eigenvalue weighted by Crippen LogP contribution is 2.10. The van der Waals surface area contributed by atoms with Gasteiger partial charge in [-0.15, -0.1) is 0 Å². The van der Waals surface area contributed by atoms with Crippen LogP contribution in [-0.4, -0.2) is 55.4 Å². The minimum atomic E-state index is -1.61. The minimum Gasteiger partial charge on any atom is -0.481 e. The molecule has 2 amide bonds. The number of nitrogens with zero attached hydrogens (tertiary/aromatic N) is 2. The zero-order valence-corrected chi connectivity index (χ0v) is 12.1. The van der Waals surface area contributed by atoms with Crippen LogP contribution in [0.2, 0.25) is 0 Å². The van der Waals surface area contributed by atoms with Crippen LogP contribution in [0.5, 0.6) is 0 Å². The zero-order chi connectivity index (χ0) is 18.3. The van der Waals surface area contributed by atoms with Gasteiger partial charge in [-0.1, -0.05) is 5.16 Å². The molecule has 13 nitrogen and oxygen atoms in total. The Hall–Kier alpha value is -3.22. The van der Waals surface area contributed by atoms with Gasteiger partial charge in [-0.3, -0.25) is 9.59 Å². The monoisotopic (exact) mass is 345 g/mol. The number of nitrogens with one attached hydrogen (secondary N) is 2. The first-order chi connectivity index (χ1) is 11.2. The summed E-state index contributed by atoms with van der Waals surface area (Å²) in [6, 6.07) is -3.55. The van der Waals surface area contributed by atoms with Gasteiger partial charge in [-0.05, 0) is 0 Å². The van der Waals surface area contributed by atoms with E-state index in [1.54, 1.807) is 0 Å². The fourth-order valence-corrected chi connectivity index (χ4v) is 1.51. The lowest BCUT2D eigenvalue weighted by molar-refractivity contribution is -0.145. The van der Waals surface area contributed by atoms with Gasteiger partial charge in [-0.2, -0.15) is 4.98 Å². The number of hydrogen-bond donors (Lipinski definition) is 6. The summed E-state index contributed by atoms with van der Waals surface area (Å²) < 4.78 is 4.75. The van der Waals surface area contributed by atoms with Gasteiger partial charge in [0.2, 0.25) is 5.89 Å². The van der Waals surface area contributed by atoms with Crippen LogP contribution in [0.4, 0.5) is 4.79 Å². The number of nitrogens with two attached hydrogens (primary N) is 1. The molecule has 1 heterocycles. The van der Waals surface area contributed by atoms with E-state index in [1.807, 2.05) is 5.32 Å². The zero-order valence-electron chi connectivity index (χ0n) is 12.1. The predicted octanol–water partition coefficient (Wildman–Crippen LogP) is -1.73. The van der Waals surface area contributed by atoms with Gasteiger partial charge in [0.25, 0.3) is 0 Å². The van der Waals surface area contributed by atoms with E-state index in [4.69, 9.17) is 25.6 Å².